The van der Waals surface area contributed by atoms with Crippen molar-refractivity contribution in [3.05, 3.63) is 109 Å². The highest BCUT2D eigenvalue weighted by Gasteiger charge is 2.19. The Morgan fingerprint density at radius 1 is 0.253 bits per heavy atom. The van der Waals surface area contributed by atoms with Gasteiger partial charge in [0.05, 0.1) is 0 Å². The van der Waals surface area contributed by atoms with Crippen LogP contribution >= 0.6 is 0 Å². The van der Waals surface area contributed by atoms with Crippen LogP contribution in [0.3, 0.4) is 0 Å². The molecule has 0 saturated carbocycles. The average Bonchev–Trinajstić information content (AvgIpc) is 3.49. The van der Waals surface area contributed by atoms with Crippen molar-refractivity contribution in [2.24, 2.45) is 0 Å². The van der Waals surface area contributed by atoms with E-state index in [1.54, 1.807) is 0 Å². The molecule has 1 atom stereocenters. The Balaban J connectivity index is 4.30. The number of rotatable bonds is 64. The Bertz CT molecular complexity index is 1660. The lowest BCUT2D eigenvalue weighted by atomic mass is 10.0. The zero-order valence-corrected chi connectivity index (χ0v) is 54.7. The highest BCUT2D eigenvalue weighted by molar-refractivity contribution is 5.71. The summed E-state index contributed by atoms with van der Waals surface area (Å²) in [4.78, 5) is 38.4. The summed E-state index contributed by atoms with van der Waals surface area (Å²) in [5, 5.41) is 0. The smallest absolute Gasteiger partial charge is 0.306 e. The fourth-order valence-electron chi connectivity index (χ4n) is 10.0. The molecule has 83 heavy (non-hydrogen) atoms. The second kappa shape index (κ2) is 70.6. The maximum atomic E-state index is 13.0. The van der Waals surface area contributed by atoms with Crippen LogP contribution in [-0.2, 0) is 28.6 Å². The van der Waals surface area contributed by atoms with Crippen LogP contribution in [0.4, 0.5) is 0 Å². The van der Waals surface area contributed by atoms with Gasteiger partial charge in [-0.3, -0.25) is 14.4 Å². The lowest BCUT2D eigenvalue weighted by molar-refractivity contribution is -0.167. The molecule has 0 aromatic carbocycles. The van der Waals surface area contributed by atoms with E-state index in [0.717, 1.165) is 109 Å². The number of hydrogen-bond donors (Lipinski definition) is 0. The summed E-state index contributed by atoms with van der Waals surface area (Å²) in [6.07, 6.45) is 96.9. The van der Waals surface area contributed by atoms with Gasteiger partial charge in [-0.25, -0.2) is 0 Å². The zero-order chi connectivity index (χ0) is 59.9. The van der Waals surface area contributed by atoms with Gasteiger partial charge in [-0.1, -0.05) is 310 Å². The fraction of sp³-hybridized carbons (Fsp3) is 0.727. The van der Waals surface area contributed by atoms with Crippen LogP contribution in [0.5, 0.6) is 0 Å². The first kappa shape index (κ1) is 79.1. The van der Waals surface area contributed by atoms with Crippen molar-refractivity contribution in [2.45, 2.75) is 348 Å². The lowest BCUT2D eigenvalue weighted by Gasteiger charge is -2.18. The number of esters is 3. The predicted octanol–water partition coefficient (Wildman–Crippen LogP) is 24.6. The minimum Gasteiger partial charge on any atom is -0.462 e. The van der Waals surface area contributed by atoms with Gasteiger partial charge in [0.1, 0.15) is 13.2 Å². The molecular formula is C77H132O6. The third-order valence-electron chi connectivity index (χ3n) is 15.2. The van der Waals surface area contributed by atoms with Crippen molar-refractivity contribution in [1.82, 2.24) is 0 Å². The summed E-state index contributed by atoms with van der Waals surface area (Å²) in [6, 6.07) is 0. The highest BCUT2D eigenvalue weighted by Crippen LogP contribution is 2.17. The van der Waals surface area contributed by atoms with E-state index >= 15 is 0 Å². The van der Waals surface area contributed by atoms with Crippen LogP contribution in [0.1, 0.15) is 342 Å². The molecule has 0 aliphatic rings. The number of hydrogen-bond acceptors (Lipinski definition) is 6. The maximum Gasteiger partial charge on any atom is 0.306 e. The number of carbonyl (C=O) groups excluding carboxylic acids is 3. The van der Waals surface area contributed by atoms with Gasteiger partial charge < -0.3 is 14.2 Å². The molecule has 6 nitrogen and oxygen atoms in total. The Morgan fingerprint density at radius 2 is 0.470 bits per heavy atom. The largest absolute Gasteiger partial charge is 0.462 e. The van der Waals surface area contributed by atoms with Crippen LogP contribution < -0.4 is 0 Å². The van der Waals surface area contributed by atoms with Gasteiger partial charge in [-0.15, -0.1) is 0 Å². The van der Waals surface area contributed by atoms with Crippen molar-refractivity contribution in [2.75, 3.05) is 13.2 Å². The standard InChI is InChI=1S/C77H132O6/c1-4-7-10-13-16-19-22-25-28-30-32-34-35-36-37-38-39-40-41-43-44-46-49-52-55-58-61-64-67-70-76(79)82-73-74(72-81-75(78)69-66-63-60-57-54-51-48-27-24-21-18-15-12-9-6-3)83-77(80)71-68-65-62-59-56-53-50-47-45-42-33-31-29-26-23-20-17-14-11-8-5-2/h7,9-10,12,16,18-19,21,25,27-28,31-34,48,54,57,74H,4-6,8,11,13-15,17,20,22-24,26,29-30,35-47,49-53,55-56,58-73H2,1-3H3/b10-7-,12-9-,19-16-,21-18-,28-25-,33-31-,34-32-,48-27-,57-54-. The molecule has 0 aliphatic heterocycles. The Labute approximate surface area is 514 Å². The van der Waals surface area contributed by atoms with Crippen LogP contribution in [-0.4, -0.2) is 37.2 Å². The molecule has 0 N–H and O–H groups in total. The molecule has 0 heterocycles. The minimum atomic E-state index is -0.798. The van der Waals surface area contributed by atoms with Crippen LogP contribution in [0.25, 0.3) is 0 Å². The first-order chi connectivity index (χ1) is 41.0. The van der Waals surface area contributed by atoms with Gasteiger partial charge in [0.2, 0.25) is 0 Å². The van der Waals surface area contributed by atoms with Crippen LogP contribution in [0.15, 0.2) is 109 Å². The summed E-state index contributed by atoms with van der Waals surface area (Å²) >= 11 is 0. The molecule has 0 amide bonds. The zero-order valence-electron chi connectivity index (χ0n) is 54.7. The van der Waals surface area contributed by atoms with Crippen LogP contribution in [0.2, 0.25) is 0 Å². The van der Waals surface area contributed by atoms with E-state index in [-0.39, 0.29) is 31.1 Å². The number of carbonyl (C=O) groups is 3. The van der Waals surface area contributed by atoms with Gasteiger partial charge in [-0.05, 0) is 122 Å². The van der Waals surface area contributed by atoms with E-state index in [1.165, 1.54) is 193 Å². The molecule has 0 saturated heterocycles. The van der Waals surface area contributed by atoms with Gasteiger partial charge >= 0.3 is 17.9 Å². The van der Waals surface area contributed by atoms with Gasteiger partial charge in [-0.2, -0.15) is 0 Å². The average molecular weight is 1150 g/mol. The van der Waals surface area contributed by atoms with Crippen molar-refractivity contribution >= 4 is 17.9 Å². The normalized spacial score (nSPS) is 12.8. The summed E-state index contributed by atoms with van der Waals surface area (Å²) in [6.45, 7) is 6.42. The van der Waals surface area contributed by atoms with Gasteiger partial charge in [0.25, 0.3) is 0 Å². The summed E-state index contributed by atoms with van der Waals surface area (Å²) in [5.74, 6) is -0.921. The quantitative estimate of drug-likeness (QED) is 0.0261. The second-order valence-corrected chi connectivity index (χ2v) is 23.4. The van der Waals surface area contributed by atoms with E-state index in [2.05, 4.69) is 130 Å². The number of allylic oxidation sites excluding steroid dienone is 18. The Hall–Kier alpha value is -3.93. The van der Waals surface area contributed by atoms with Gasteiger partial charge in [0.15, 0.2) is 6.10 Å². The molecule has 0 fully saturated rings. The topological polar surface area (TPSA) is 78.9 Å². The van der Waals surface area contributed by atoms with Crippen molar-refractivity contribution in [3.8, 4) is 0 Å². The molecule has 0 bridgehead atoms. The van der Waals surface area contributed by atoms with Crippen molar-refractivity contribution in [1.29, 1.82) is 0 Å². The first-order valence-corrected chi connectivity index (χ1v) is 35.4. The molecule has 0 aromatic rings. The van der Waals surface area contributed by atoms with E-state index in [0.29, 0.717) is 19.3 Å². The fourth-order valence-corrected chi connectivity index (χ4v) is 10.0. The van der Waals surface area contributed by atoms with Gasteiger partial charge in [0, 0.05) is 19.3 Å². The molecule has 0 aromatic heterocycles. The molecule has 6 heteroatoms. The van der Waals surface area contributed by atoms with Crippen LogP contribution in [0, 0.1) is 0 Å². The van der Waals surface area contributed by atoms with E-state index < -0.39 is 6.10 Å². The predicted molar refractivity (Wildman–Crippen MR) is 362 cm³/mol. The summed E-state index contributed by atoms with van der Waals surface area (Å²) in [7, 11) is 0. The van der Waals surface area contributed by atoms with E-state index in [1.807, 2.05) is 0 Å². The van der Waals surface area contributed by atoms with E-state index in [9.17, 15) is 14.4 Å². The number of ether oxygens (including phenoxy) is 3. The summed E-state index contributed by atoms with van der Waals surface area (Å²) in [5.41, 5.74) is 0. The number of unbranched alkanes of at least 4 members (excludes halogenated alkanes) is 35. The minimum absolute atomic E-state index is 0.0902. The molecular weight excluding hydrogens is 1020 g/mol. The molecule has 0 aliphatic carbocycles. The monoisotopic (exact) mass is 1150 g/mol. The Morgan fingerprint density at radius 3 is 0.771 bits per heavy atom. The molecule has 0 radical (unpaired) electrons. The summed E-state index contributed by atoms with van der Waals surface area (Å²) < 4.78 is 17.0. The second-order valence-electron chi connectivity index (χ2n) is 23.4. The SMILES string of the molecule is CC/C=C\C/C=C\C/C=C\C/C=C\CCCCCCCCCCCCCCCCCCC(=O)OCC(COC(=O)CCCC/C=C\C/C=C\C/C=C\C/C=C\CC)OC(=O)CCCCCCCCCCC/C=C\CCCCCCCCCC. The maximum absolute atomic E-state index is 13.0. The molecule has 0 rings (SSSR count). The lowest BCUT2D eigenvalue weighted by Crippen LogP contribution is -2.30. The van der Waals surface area contributed by atoms with Crippen molar-refractivity contribution < 1.29 is 28.6 Å². The molecule has 0 spiro atoms. The highest BCUT2D eigenvalue weighted by atomic mass is 16.6. The van der Waals surface area contributed by atoms with E-state index in [4.69, 9.17) is 14.2 Å². The van der Waals surface area contributed by atoms with Crippen molar-refractivity contribution in [3.63, 3.8) is 0 Å². The third-order valence-corrected chi connectivity index (χ3v) is 15.2. The first-order valence-electron chi connectivity index (χ1n) is 35.4. The Kier molecular flexibility index (Phi) is 67.2. The molecule has 1 unspecified atom stereocenters. The molecule has 476 valence electrons. The third kappa shape index (κ3) is 68.7.